The molecule has 0 heterocycles. The minimum Gasteiger partial charge on any atom is -0.353 e. The Hall–Kier alpha value is -1.06. The van der Waals surface area contributed by atoms with E-state index in [4.69, 9.17) is 11.6 Å². The molecule has 0 spiro atoms. The SMILES string of the molecule is O=C(CCNCc1ccc(Cl)cc1)NC1CC1. The minimum atomic E-state index is 0.149. The van der Waals surface area contributed by atoms with Gasteiger partial charge in [0.2, 0.25) is 5.91 Å². The lowest BCUT2D eigenvalue weighted by molar-refractivity contribution is -0.121. The van der Waals surface area contributed by atoms with E-state index in [2.05, 4.69) is 10.6 Å². The first kappa shape index (κ1) is 12.4. The van der Waals surface area contributed by atoms with E-state index in [1.165, 1.54) is 5.56 Å². The zero-order chi connectivity index (χ0) is 12.1. The molecule has 0 aliphatic heterocycles. The van der Waals surface area contributed by atoms with Crippen molar-refractivity contribution >= 4 is 17.5 Å². The van der Waals surface area contributed by atoms with Gasteiger partial charge in [0.05, 0.1) is 0 Å². The lowest BCUT2D eigenvalue weighted by atomic mass is 10.2. The Morgan fingerprint density at radius 1 is 1.29 bits per heavy atom. The largest absolute Gasteiger partial charge is 0.353 e. The van der Waals surface area contributed by atoms with Crippen LogP contribution in [0.3, 0.4) is 0 Å². The molecule has 0 bridgehead atoms. The van der Waals surface area contributed by atoms with Gasteiger partial charge in [-0.15, -0.1) is 0 Å². The van der Waals surface area contributed by atoms with Crippen molar-refractivity contribution in [2.45, 2.75) is 31.8 Å². The monoisotopic (exact) mass is 252 g/mol. The van der Waals surface area contributed by atoms with E-state index in [9.17, 15) is 4.79 Å². The summed E-state index contributed by atoms with van der Waals surface area (Å²) in [4.78, 5) is 11.4. The van der Waals surface area contributed by atoms with E-state index in [-0.39, 0.29) is 5.91 Å². The average molecular weight is 253 g/mol. The third kappa shape index (κ3) is 4.75. The average Bonchev–Trinajstić information content (AvgIpc) is 3.11. The van der Waals surface area contributed by atoms with Crippen LogP contribution in [0.1, 0.15) is 24.8 Å². The molecule has 0 radical (unpaired) electrons. The number of hydrogen-bond acceptors (Lipinski definition) is 2. The Morgan fingerprint density at radius 2 is 2.00 bits per heavy atom. The second kappa shape index (κ2) is 6.03. The first-order valence-electron chi connectivity index (χ1n) is 5.98. The molecule has 1 aliphatic rings. The summed E-state index contributed by atoms with van der Waals surface area (Å²) in [5, 5.41) is 6.95. The number of benzene rings is 1. The van der Waals surface area contributed by atoms with Gasteiger partial charge in [-0.3, -0.25) is 4.79 Å². The molecule has 0 saturated heterocycles. The summed E-state index contributed by atoms with van der Waals surface area (Å²) in [5.74, 6) is 0.149. The molecular formula is C13H17ClN2O. The Morgan fingerprint density at radius 3 is 2.65 bits per heavy atom. The highest BCUT2D eigenvalue weighted by Gasteiger charge is 2.22. The number of amides is 1. The molecule has 1 fully saturated rings. The fourth-order valence-electron chi connectivity index (χ4n) is 1.56. The van der Waals surface area contributed by atoms with Gasteiger partial charge in [-0.2, -0.15) is 0 Å². The van der Waals surface area contributed by atoms with Crippen LogP contribution in [0.15, 0.2) is 24.3 Å². The van der Waals surface area contributed by atoms with Crippen molar-refractivity contribution in [1.29, 1.82) is 0 Å². The van der Waals surface area contributed by atoms with Crippen LogP contribution in [-0.4, -0.2) is 18.5 Å². The molecule has 1 saturated carbocycles. The van der Waals surface area contributed by atoms with Crippen LogP contribution in [0.4, 0.5) is 0 Å². The van der Waals surface area contributed by atoms with E-state index in [0.29, 0.717) is 19.0 Å². The predicted molar refractivity (Wildman–Crippen MR) is 68.9 cm³/mol. The number of carbonyl (C=O) groups excluding carboxylic acids is 1. The molecule has 1 amide bonds. The van der Waals surface area contributed by atoms with Gasteiger partial charge in [0.25, 0.3) is 0 Å². The summed E-state index contributed by atoms with van der Waals surface area (Å²) >= 11 is 5.80. The van der Waals surface area contributed by atoms with Crippen LogP contribution < -0.4 is 10.6 Å². The van der Waals surface area contributed by atoms with E-state index >= 15 is 0 Å². The zero-order valence-corrected chi connectivity index (χ0v) is 10.5. The van der Waals surface area contributed by atoms with Gasteiger partial charge in [-0.05, 0) is 30.5 Å². The van der Waals surface area contributed by atoms with Crippen LogP contribution in [0, 0.1) is 0 Å². The first-order valence-corrected chi connectivity index (χ1v) is 6.36. The maximum absolute atomic E-state index is 11.4. The second-order valence-electron chi connectivity index (χ2n) is 4.40. The fraction of sp³-hybridized carbons (Fsp3) is 0.462. The topological polar surface area (TPSA) is 41.1 Å². The van der Waals surface area contributed by atoms with Gasteiger partial charge in [-0.25, -0.2) is 0 Å². The smallest absolute Gasteiger partial charge is 0.221 e. The van der Waals surface area contributed by atoms with Crippen LogP contribution >= 0.6 is 11.6 Å². The molecule has 0 atom stereocenters. The molecule has 3 nitrogen and oxygen atoms in total. The van der Waals surface area contributed by atoms with Gasteiger partial charge in [0.1, 0.15) is 0 Å². The first-order chi connectivity index (χ1) is 8.24. The number of hydrogen-bond donors (Lipinski definition) is 2. The van der Waals surface area contributed by atoms with Crippen molar-refractivity contribution in [2.75, 3.05) is 6.54 Å². The standard InChI is InChI=1S/C13H17ClN2O/c14-11-3-1-10(2-4-11)9-15-8-7-13(17)16-12-5-6-12/h1-4,12,15H,5-9H2,(H,16,17). The number of halogens is 1. The third-order valence-electron chi connectivity index (χ3n) is 2.71. The molecule has 17 heavy (non-hydrogen) atoms. The van der Waals surface area contributed by atoms with Crippen LogP contribution in [-0.2, 0) is 11.3 Å². The molecule has 92 valence electrons. The molecule has 1 aromatic rings. The van der Waals surface area contributed by atoms with E-state index in [1.54, 1.807) is 0 Å². The quantitative estimate of drug-likeness (QED) is 0.762. The highest BCUT2D eigenvalue weighted by molar-refractivity contribution is 6.30. The maximum atomic E-state index is 11.4. The molecule has 1 aliphatic carbocycles. The van der Waals surface area contributed by atoms with E-state index in [0.717, 1.165) is 24.4 Å². The molecule has 1 aromatic carbocycles. The summed E-state index contributed by atoms with van der Waals surface area (Å²) in [6, 6.07) is 8.18. The van der Waals surface area contributed by atoms with Gasteiger partial charge in [0, 0.05) is 30.6 Å². The van der Waals surface area contributed by atoms with Crippen molar-refractivity contribution in [1.82, 2.24) is 10.6 Å². The molecule has 0 aromatic heterocycles. The Bertz CT molecular complexity index is 374. The lowest BCUT2D eigenvalue weighted by Gasteiger charge is -2.05. The van der Waals surface area contributed by atoms with E-state index < -0.39 is 0 Å². The van der Waals surface area contributed by atoms with Crippen molar-refractivity contribution in [3.05, 3.63) is 34.9 Å². The number of rotatable bonds is 6. The zero-order valence-electron chi connectivity index (χ0n) is 9.71. The summed E-state index contributed by atoms with van der Waals surface area (Å²) in [7, 11) is 0. The van der Waals surface area contributed by atoms with Crippen LogP contribution in [0.25, 0.3) is 0 Å². The maximum Gasteiger partial charge on any atom is 0.221 e. The van der Waals surface area contributed by atoms with Crippen molar-refractivity contribution in [3.63, 3.8) is 0 Å². The van der Waals surface area contributed by atoms with Crippen molar-refractivity contribution in [2.24, 2.45) is 0 Å². The highest BCUT2D eigenvalue weighted by atomic mass is 35.5. The van der Waals surface area contributed by atoms with Crippen molar-refractivity contribution in [3.8, 4) is 0 Å². The Balaban J connectivity index is 1.59. The Kier molecular flexibility index (Phi) is 4.40. The highest BCUT2D eigenvalue weighted by Crippen LogP contribution is 2.18. The van der Waals surface area contributed by atoms with Crippen LogP contribution in [0.5, 0.6) is 0 Å². The van der Waals surface area contributed by atoms with Crippen molar-refractivity contribution < 1.29 is 4.79 Å². The van der Waals surface area contributed by atoms with Crippen LogP contribution in [0.2, 0.25) is 5.02 Å². The Labute approximate surface area is 107 Å². The predicted octanol–water partition coefficient (Wildman–Crippen LogP) is 2.10. The normalized spacial score (nSPS) is 14.6. The molecule has 0 unspecified atom stereocenters. The van der Waals surface area contributed by atoms with Gasteiger partial charge in [-0.1, -0.05) is 23.7 Å². The summed E-state index contributed by atoms with van der Waals surface area (Å²) in [6.45, 7) is 1.48. The summed E-state index contributed by atoms with van der Waals surface area (Å²) in [6.07, 6.45) is 2.83. The summed E-state index contributed by atoms with van der Waals surface area (Å²) < 4.78 is 0. The molecule has 2 N–H and O–H groups in total. The third-order valence-corrected chi connectivity index (χ3v) is 2.97. The van der Waals surface area contributed by atoms with E-state index in [1.807, 2.05) is 24.3 Å². The number of carbonyl (C=O) groups is 1. The summed E-state index contributed by atoms with van der Waals surface area (Å²) in [5.41, 5.74) is 1.18. The fourth-order valence-corrected chi connectivity index (χ4v) is 1.69. The lowest BCUT2D eigenvalue weighted by Crippen LogP contribution is -2.28. The van der Waals surface area contributed by atoms with Gasteiger partial charge < -0.3 is 10.6 Å². The van der Waals surface area contributed by atoms with Gasteiger partial charge in [0.15, 0.2) is 0 Å². The second-order valence-corrected chi connectivity index (χ2v) is 4.83. The molecule has 4 heteroatoms. The molecular weight excluding hydrogens is 236 g/mol. The number of nitrogens with one attached hydrogen (secondary N) is 2. The molecule has 2 rings (SSSR count). The minimum absolute atomic E-state index is 0.149. The van der Waals surface area contributed by atoms with Gasteiger partial charge >= 0.3 is 0 Å².